The molecule has 23 heavy (non-hydrogen) atoms. The van der Waals surface area contributed by atoms with Gasteiger partial charge in [-0.2, -0.15) is 11.3 Å². The Balaban J connectivity index is 1.75. The third-order valence-electron chi connectivity index (χ3n) is 4.03. The highest BCUT2D eigenvalue weighted by Gasteiger charge is 2.20. The van der Waals surface area contributed by atoms with Crippen molar-refractivity contribution in [3.63, 3.8) is 0 Å². The van der Waals surface area contributed by atoms with Crippen molar-refractivity contribution in [1.29, 1.82) is 0 Å². The number of rotatable bonds is 3. The van der Waals surface area contributed by atoms with E-state index < -0.39 is 0 Å². The first-order chi connectivity index (χ1) is 11.3. The molecule has 1 saturated heterocycles. The number of hydrogen-bond donors (Lipinski definition) is 0. The zero-order valence-electron chi connectivity index (χ0n) is 12.8. The highest BCUT2D eigenvalue weighted by atomic mass is 32.1. The summed E-state index contributed by atoms with van der Waals surface area (Å²) in [5.41, 5.74) is 3.14. The van der Waals surface area contributed by atoms with Gasteiger partial charge in [0.15, 0.2) is 0 Å². The molecule has 0 saturated carbocycles. The maximum absolute atomic E-state index is 4.87. The fourth-order valence-corrected chi connectivity index (χ4v) is 3.96. The third kappa shape index (κ3) is 2.99. The zero-order valence-corrected chi connectivity index (χ0v) is 14.5. The zero-order chi connectivity index (χ0) is 15.6. The molecule has 0 spiro atoms. The minimum absolute atomic E-state index is 0.808. The summed E-state index contributed by atoms with van der Waals surface area (Å²) in [6.07, 6.45) is 3.77. The van der Waals surface area contributed by atoms with Crippen LogP contribution in [0.25, 0.3) is 21.8 Å². The van der Waals surface area contributed by atoms with E-state index in [1.54, 1.807) is 22.7 Å². The Labute approximate surface area is 143 Å². The summed E-state index contributed by atoms with van der Waals surface area (Å²) in [6.45, 7) is 4.02. The van der Waals surface area contributed by atoms with Gasteiger partial charge in [-0.25, -0.2) is 15.0 Å². The molecule has 0 aromatic carbocycles. The fraction of sp³-hybridized carbons (Fsp3) is 0.312. The van der Waals surface area contributed by atoms with E-state index in [4.69, 9.17) is 4.98 Å². The molecule has 1 aliphatic rings. The second-order valence-corrected chi connectivity index (χ2v) is 7.25. The number of likely N-dealkylation sites (N-methyl/N-ethyl adjacent to an activating group) is 1. The first-order valence-corrected chi connectivity index (χ1v) is 9.36. The van der Waals surface area contributed by atoms with Gasteiger partial charge >= 0.3 is 0 Å². The number of anilines is 1. The summed E-state index contributed by atoms with van der Waals surface area (Å²) in [4.78, 5) is 18.6. The normalized spacial score (nSPS) is 16.0. The van der Waals surface area contributed by atoms with Crippen LogP contribution in [-0.4, -0.2) is 53.1 Å². The Morgan fingerprint density at radius 3 is 2.65 bits per heavy atom. The first-order valence-electron chi connectivity index (χ1n) is 7.54. The molecular formula is C16H17N5S2. The van der Waals surface area contributed by atoms with Crippen molar-refractivity contribution in [3.8, 4) is 21.8 Å². The molecule has 4 rings (SSSR count). The quantitative estimate of drug-likeness (QED) is 0.731. The van der Waals surface area contributed by atoms with Crippen molar-refractivity contribution in [2.24, 2.45) is 0 Å². The summed E-state index contributed by atoms with van der Waals surface area (Å²) < 4.78 is 0. The van der Waals surface area contributed by atoms with Crippen LogP contribution in [0.15, 0.2) is 34.6 Å². The highest BCUT2D eigenvalue weighted by molar-refractivity contribution is 7.13. The van der Waals surface area contributed by atoms with Gasteiger partial charge in [0.05, 0.1) is 0 Å². The van der Waals surface area contributed by atoms with Crippen LogP contribution in [0.1, 0.15) is 0 Å². The molecular weight excluding hydrogens is 326 g/mol. The Bertz CT molecular complexity index is 762. The largest absolute Gasteiger partial charge is 0.338 e. The molecule has 3 aromatic heterocycles. The molecule has 1 fully saturated rings. The number of hydrogen-bond acceptors (Lipinski definition) is 7. The van der Waals surface area contributed by atoms with Crippen molar-refractivity contribution in [3.05, 3.63) is 34.6 Å². The van der Waals surface area contributed by atoms with Crippen molar-refractivity contribution in [1.82, 2.24) is 19.9 Å². The van der Waals surface area contributed by atoms with E-state index in [1.807, 2.05) is 17.8 Å². The molecule has 0 bridgehead atoms. The molecule has 118 valence electrons. The van der Waals surface area contributed by atoms with E-state index in [0.29, 0.717) is 0 Å². The number of piperazine rings is 1. The standard InChI is InChI=1S/C16H17N5S2/c1-20-4-6-21(7-5-20)16-18-10-13(12-2-8-22-11-12)14(19-16)15-17-3-9-23-15/h2-3,8-11H,4-7H2,1H3. The molecule has 0 radical (unpaired) electrons. The lowest BCUT2D eigenvalue weighted by Gasteiger charge is -2.32. The Morgan fingerprint density at radius 2 is 1.96 bits per heavy atom. The lowest BCUT2D eigenvalue weighted by molar-refractivity contribution is 0.311. The number of thiazole rings is 1. The average Bonchev–Trinajstić information content (AvgIpc) is 3.29. The molecule has 0 N–H and O–H groups in total. The van der Waals surface area contributed by atoms with Crippen molar-refractivity contribution < 1.29 is 0 Å². The van der Waals surface area contributed by atoms with E-state index in [-0.39, 0.29) is 0 Å². The van der Waals surface area contributed by atoms with E-state index in [0.717, 1.165) is 54.0 Å². The lowest BCUT2D eigenvalue weighted by atomic mass is 10.1. The Morgan fingerprint density at radius 1 is 1.09 bits per heavy atom. The van der Waals surface area contributed by atoms with Crippen LogP contribution < -0.4 is 4.90 Å². The molecule has 0 atom stereocenters. The summed E-state index contributed by atoms with van der Waals surface area (Å²) in [7, 11) is 2.15. The molecule has 5 nitrogen and oxygen atoms in total. The van der Waals surface area contributed by atoms with Crippen LogP contribution in [0.4, 0.5) is 5.95 Å². The molecule has 7 heteroatoms. The van der Waals surface area contributed by atoms with Crippen LogP contribution in [0, 0.1) is 0 Å². The van der Waals surface area contributed by atoms with E-state index in [1.165, 1.54) is 0 Å². The monoisotopic (exact) mass is 343 g/mol. The third-order valence-corrected chi connectivity index (χ3v) is 5.49. The Kier molecular flexibility index (Phi) is 4.07. The van der Waals surface area contributed by atoms with Gasteiger partial charge in [0.25, 0.3) is 0 Å². The van der Waals surface area contributed by atoms with Gasteiger partial charge in [-0.15, -0.1) is 11.3 Å². The minimum atomic E-state index is 0.808. The first kappa shape index (κ1) is 14.7. The summed E-state index contributed by atoms with van der Waals surface area (Å²) in [6, 6.07) is 2.11. The predicted molar refractivity (Wildman–Crippen MR) is 96.2 cm³/mol. The smallest absolute Gasteiger partial charge is 0.226 e. The van der Waals surface area contributed by atoms with Gasteiger partial charge in [-0.05, 0) is 29.4 Å². The van der Waals surface area contributed by atoms with Crippen LogP contribution >= 0.6 is 22.7 Å². The molecule has 0 amide bonds. The molecule has 1 aliphatic heterocycles. The van der Waals surface area contributed by atoms with Gasteiger partial charge in [0.2, 0.25) is 5.95 Å². The van der Waals surface area contributed by atoms with Crippen LogP contribution in [0.2, 0.25) is 0 Å². The van der Waals surface area contributed by atoms with Crippen LogP contribution in [-0.2, 0) is 0 Å². The molecule has 0 aliphatic carbocycles. The predicted octanol–water partition coefficient (Wildman–Crippen LogP) is 3.08. The number of thiophene rings is 1. The summed E-state index contributed by atoms with van der Waals surface area (Å²) in [5.74, 6) is 0.808. The van der Waals surface area contributed by atoms with Crippen molar-refractivity contribution in [2.45, 2.75) is 0 Å². The lowest BCUT2D eigenvalue weighted by Crippen LogP contribution is -2.45. The second kappa shape index (κ2) is 6.35. The van der Waals surface area contributed by atoms with Crippen LogP contribution in [0.3, 0.4) is 0 Å². The Hall–Kier alpha value is -1.83. The van der Waals surface area contributed by atoms with Crippen LogP contribution in [0.5, 0.6) is 0 Å². The van der Waals surface area contributed by atoms with Gasteiger partial charge in [0, 0.05) is 49.5 Å². The van der Waals surface area contributed by atoms with E-state index in [9.17, 15) is 0 Å². The summed E-state index contributed by atoms with van der Waals surface area (Å²) in [5, 5.41) is 7.15. The van der Waals surface area contributed by atoms with E-state index >= 15 is 0 Å². The molecule has 4 heterocycles. The molecule has 3 aromatic rings. The topological polar surface area (TPSA) is 45.2 Å². The SMILES string of the molecule is CN1CCN(c2ncc(-c3ccsc3)c(-c3nccs3)n2)CC1. The van der Waals surface area contributed by atoms with Gasteiger partial charge in [0.1, 0.15) is 10.7 Å². The molecule has 0 unspecified atom stereocenters. The summed E-state index contributed by atoms with van der Waals surface area (Å²) >= 11 is 3.30. The van der Waals surface area contributed by atoms with E-state index in [2.05, 4.69) is 43.6 Å². The van der Waals surface area contributed by atoms with Gasteiger partial charge < -0.3 is 9.80 Å². The maximum atomic E-state index is 4.87. The highest BCUT2D eigenvalue weighted by Crippen LogP contribution is 2.33. The maximum Gasteiger partial charge on any atom is 0.226 e. The van der Waals surface area contributed by atoms with Crippen molar-refractivity contribution >= 4 is 28.6 Å². The fourth-order valence-electron chi connectivity index (χ4n) is 2.66. The second-order valence-electron chi connectivity index (χ2n) is 5.57. The average molecular weight is 343 g/mol. The number of nitrogens with zero attached hydrogens (tertiary/aromatic N) is 5. The van der Waals surface area contributed by atoms with Crippen molar-refractivity contribution in [2.75, 3.05) is 38.1 Å². The minimum Gasteiger partial charge on any atom is -0.338 e. The van der Waals surface area contributed by atoms with Gasteiger partial charge in [-0.1, -0.05) is 0 Å². The number of aromatic nitrogens is 3. The van der Waals surface area contributed by atoms with Gasteiger partial charge in [-0.3, -0.25) is 0 Å².